The van der Waals surface area contributed by atoms with Gasteiger partial charge in [-0.1, -0.05) is 32.9 Å². The van der Waals surface area contributed by atoms with Gasteiger partial charge in [0.2, 0.25) is 0 Å². The minimum atomic E-state index is 0.787. The van der Waals surface area contributed by atoms with Crippen molar-refractivity contribution in [3.05, 3.63) is 12.2 Å². The number of rotatable bonds is 1. The van der Waals surface area contributed by atoms with Crippen molar-refractivity contribution in [3.8, 4) is 0 Å². The Hall–Kier alpha value is -0.260. The largest absolute Gasteiger partial charge is 0.0999 e. The molecule has 0 bridgehead atoms. The van der Waals surface area contributed by atoms with Gasteiger partial charge in [-0.05, 0) is 49.9 Å². The number of hydrogen-bond donors (Lipinski definition) is 0. The normalized spacial score (nSPS) is 41.2. The summed E-state index contributed by atoms with van der Waals surface area (Å²) < 4.78 is 0. The van der Waals surface area contributed by atoms with Crippen LogP contribution in [0.4, 0.5) is 0 Å². The van der Waals surface area contributed by atoms with E-state index in [9.17, 15) is 0 Å². The van der Waals surface area contributed by atoms with Crippen molar-refractivity contribution < 1.29 is 0 Å². The third kappa shape index (κ3) is 2.86. The van der Waals surface area contributed by atoms with Crippen LogP contribution in [0.3, 0.4) is 0 Å². The van der Waals surface area contributed by atoms with Crippen LogP contribution in [-0.4, -0.2) is 0 Å². The van der Waals surface area contributed by atoms with Crippen LogP contribution in [0.5, 0.6) is 0 Å². The fourth-order valence-electron chi connectivity index (χ4n) is 2.63. The van der Waals surface area contributed by atoms with Gasteiger partial charge in [0.1, 0.15) is 0 Å². The lowest BCUT2D eigenvalue weighted by atomic mass is 9.86. The minimum absolute atomic E-state index is 0.787. The van der Waals surface area contributed by atoms with E-state index in [-0.39, 0.29) is 0 Å². The molecule has 0 aromatic carbocycles. The molecule has 0 heteroatoms. The first-order valence-electron chi connectivity index (χ1n) is 5.66. The first-order chi connectivity index (χ1) is 6.00. The maximum atomic E-state index is 4.11. The molecule has 76 valence electrons. The van der Waals surface area contributed by atoms with Gasteiger partial charge in [0.25, 0.3) is 0 Å². The van der Waals surface area contributed by atoms with Crippen molar-refractivity contribution >= 4 is 0 Å². The summed E-state index contributed by atoms with van der Waals surface area (Å²) in [6, 6.07) is 0. The Bertz CT molecular complexity index is 180. The average Bonchev–Trinajstić information content (AvgIpc) is 2.12. The van der Waals surface area contributed by atoms with E-state index >= 15 is 0 Å². The van der Waals surface area contributed by atoms with E-state index in [4.69, 9.17) is 0 Å². The smallest absolute Gasteiger partial charge is 0.0204 e. The van der Waals surface area contributed by atoms with Crippen molar-refractivity contribution in [2.75, 3.05) is 0 Å². The minimum Gasteiger partial charge on any atom is -0.0999 e. The van der Waals surface area contributed by atoms with Crippen LogP contribution >= 0.6 is 0 Å². The van der Waals surface area contributed by atoms with Crippen LogP contribution in [0.15, 0.2) is 12.2 Å². The van der Waals surface area contributed by atoms with E-state index in [1.165, 1.54) is 24.8 Å². The summed E-state index contributed by atoms with van der Waals surface area (Å²) in [5.41, 5.74) is 1.40. The van der Waals surface area contributed by atoms with Gasteiger partial charge in [0, 0.05) is 0 Å². The second kappa shape index (κ2) is 4.30. The monoisotopic (exact) mass is 180 g/mol. The van der Waals surface area contributed by atoms with Crippen molar-refractivity contribution in [2.45, 2.75) is 47.0 Å². The van der Waals surface area contributed by atoms with E-state index in [1.807, 2.05) is 0 Å². The zero-order chi connectivity index (χ0) is 10.0. The molecule has 1 fully saturated rings. The molecule has 1 rings (SSSR count). The lowest BCUT2D eigenvalue weighted by Gasteiger charge is -2.19. The fourth-order valence-corrected chi connectivity index (χ4v) is 2.63. The molecule has 0 N–H and O–H groups in total. The van der Waals surface area contributed by atoms with Gasteiger partial charge in [-0.3, -0.25) is 0 Å². The predicted molar refractivity (Wildman–Crippen MR) is 59.6 cm³/mol. The maximum absolute atomic E-state index is 4.11. The second-order valence-electron chi connectivity index (χ2n) is 5.31. The molecule has 0 saturated heterocycles. The summed E-state index contributed by atoms with van der Waals surface area (Å²) >= 11 is 0. The van der Waals surface area contributed by atoms with E-state index < -0.39 is 0 Å². The Morgan fingerprint density at radius 3 is 2.08 bits per heavy atom. The van der Waals surface area contributed by atoms with Crippen molar-refractivity contribution in [2.24, 2.45) is 23.7 Å². The molecular formula is C13H24. The van der Waals surface area contributed by atoms with Crippen LogP contribution in [0, 0.1) is 23.7 Å². The predicted octanol–water partition coefficient (Wildman–Crippen LogP) is 4.27. The molecule has 1 aliphatic rings. The zero-order valence-corrected chi connectivity index (χ0v) is 9.64. The molecule has 1 aliphatic carbocycles. The quantitative estimate of drug-likeness (QED) is 0.417. The van der Waals surface area contributed by atoms with Crippen LogP contribution < -0.4 is 0 Å². The summed E-state index contributed by atoms with van der Waals surface area (Å²) in [7, 11) is 0. The molecule has 0 aliphatic heterocycles. The van der Waals surface area contributed by atoms with Crippen LogP contribution in [0.2, 0.25) is 0 Å². The lowest BCUT2D eigenvalue weighted by Crippen LogP contribution is -2.09. The van der Waals surface area contributed by atoms with Gasteiger partial charge >= 0.3 is 0 Å². The Morgan fingerprint density at radius 2 is 1.54 bits per heavy atom. The van der Waals surface area contributed by atoms with Gasteiger partial charge in [-0.2, -0.15) is 0 Å². The van der Waals surface area contributed by atoms with E-state index in [0.717, 1.165) is 23.7 Å². The lowest BCUT2D eigenvalue weighted by molar-refractivity contribution is 0.335. The molecular weight excluding hydrogens is 156 g/mol. The van der Waals surface area contributed by atoms with Gasteiger partial charge in [0.15, 0.2) is 0 Å². The number of hydrogen-bond acceptors (Lipinski definition) is 0. The summed E-state index contributed by atoms with van der Waals surface area (Å²) in [5, 5.41) is 0. The molecule has 4 unspecified atom stereocenters. The molecule has 0 amide bonds. The molecule has 4 atom stereocenters. The highest BCUT2D eigenvalue weighted by molar-refractivity contribution is 4.98. The third-order valence-electron chi connectivity index (χ3n) is 3.79. The van der Waals surface area contributed by atoms with Crippen LogP contribution in [0.25, 0.3) is 0 Å². The van der Waals surface area contributed by atoms with E-state index in [2.05, 4.69) is 34.3 Å². The maximum Gasteiger partial charge on any atom is -0.0204 e. The first kappa shape index (κ1) is 10.8. The third-order valence-corrected chi connectivity index (χ3v) is 3.79. The Morgan fingerprint density at radius 1 is 1.00 bits per heavy atom. The molecule has 0 aromatic heterocycles. The molecule has 0 heterocycles. The Kier molecular flexibility index (Phi) is 3.58. The summed E-state index contributed by atoms with van der Waals surface area (Å²) in [4.78, 5) is 0. The molecule has 0 spiro atoms. The van der Waals surface area contributed by atoms with Gasteiger partial charge in [0.05, 0.1) is 0 Å². The number of allylic oxidation sites excluding steroid dienone is 1. The summed E-state index contributed by atoms with van der Waals surface area (Å²) in [5.74, 6) is 3.46. The van der Waals surface area contributed by atoms with E-state index in [1.54, 1.807) is 0 Å². The molecule has 0 nitrogen and oxygen atoms in total. The summed E-state index contributed by atoms with van der Waals surface area (Å²) in [6.07, 6.45) is 4.13. The van der Waals surface area contributed by atoms with Gasteiger partial charge < -0.3 is 0 Å². The molecule has 0 aromatic rings. The van der Waals surface area contributed by atoms with Crippen molar-refractivity contribution in [3.63, 3.8) is 0 Å². The molecule has 13 heavy (non-hydrogen) atoms. The Labute approximate surface area is 83.4 Å². The Balaban J connectivity index is 2.65. The van der Waals surface area contributed by atoms with Gasteiger partial charge in [-0.25, -0.2) is 0 Å². The topological polar surface area (TPSA) is 0 Å². The second-order valence-corrected chi connectivity index (χ2v) is 5.31. The average molecular weight is 180 g/mol. The van der Waals surface area contributed by atoms with Gasteiger partial charge in [-0.15, -0.1) is 0 Å². The standard InChI is InChI=1S/C13H24/c1-9(2)13-7-10(3)6-11(4)12(5)8-13/h10-13H,1,6-8H2,2-5H3. The molecule has 0 radical (unpaired) electrons. The van der Waals surface area contributed by atoms with Crippen LogP contribution in [0.1, 0.15) is 47.0 Å². The highest BCUT2D eigenvalue weighted by Gasteiger charge is 2.26. The fraction of sp³-hybridized carbons (Fsp3) is 0.846. The highest BCUT2D eigenvalue weighted by atomic mass is 14.3. The van der Waals surface area contributed by atoms with E-state index in [0.29, 0.717) is 0 Å². The highest BCUT2D eigenvalue weighted by Crippen LogP contribution is 2.37. The SMILES string of the molecule is C=C(C)C1CC(C)CC(C)C(C)C1. The van der Waals surface area contributed by atoms with Crippen molar-refractivity contribution in [1.29, 1.82) is 0 Å². The van der Waals surface area contributed by atoms with Crippen LogP contribution in [-0.2, 0) is 0 Å². The summed E-state index contributed by atoms with van der Waals surface area (Å²) in [6.45, 7) is 13.5. The molecule has 1 saturated carbocycles. The first-order valence-corrected chi connectivity index (χ1v) is 5.66. The van der Waals surface area contributed by atoms with Crippen molar-refractivity contribution in [1.82, 2.24) is 0 Å². The zero-order valence-electron chi connectivity index (χ0n) is 9.64.